The highest BCUT2D eigenvalue weighted by molar-refractivity contribution is 6.33. The van der Waals surface area contributed by atoms with E-state index in [1.54, 1.807) is 26.7 Å². The molecule has 0 unspecified atom stereocenters. The minimum Gasteiger partial charge on any atom is -0.329 e. The standard InChI is InChI=1S/C18H21ClN4O2/c1-13-7-9-20-23(13)10-8-17(24)21-12-18(25)22(11-14(21)2)16-6-4-3-5-15(16)19/h3-7,9,14H,8,10-12H2,1-2H3/t14-/m1/s1. The highest BCUT2D eigenvalue weighted by Gasteiger charge is 2.33. The molecule has 25 heavy (non-hydrogen) atoms. The summed E-state index contributed by atoms with van der Waals surface area (Å²) in [6, 6.07) is 9.10. The van der Waals surface area contributed by atoms with E-state index < -0.39 is 0 Å². The van der Waals surface area contributed by atoms with Gasteiger partial charge in [0.15, 0.2) is 0 Å². The van der Waals surface area contributed by atoms with Crippen LogP contribution in [0.2, 0.25) is 5.02 Å². The van der Waals surface area contributed by atoms with Crippen LogP contribution in [0.3, 0.4) is 0 Å². The molecule has 0 aliphatic carbocycles. The molecule has 2 heterocycles. The first-order valence-corrected chi connectivity index (χ1v) is 8.68. The Morgan fingerprint density at radius 2 is 2.08 bits per heavy atom. The Hall–Kier alpha value is -2.34. The smallest absolute Gasteiger partial charge is 0.246 e. The predicted octanol–water partition coefficient (Wildman–Crippen LogP) is 2.50. The molecule has 1 fully saturated rings. The van der Waals surface area contributed by atoms with Gasteiger partial charge in [-0.1, -0.05) is 23.7 Å². The third kappa shape index (κ3) is 3.69. The average molecular weight is 361 g/mol. The predicted molar refractivity (Wildman–Crippen MR) is 96.6 cm³/mol. The van der Waals surface area contributed by atoms with E-state index in [4.69, 9.17) is 11.6 Å². The third-order valence-electron chi connectivity index (χ3n) is 4.52. The lowest BCUT2D eigenvalue weighted by Gasteiger charge is -2.39. The van der Waals surface area contributed by atoms with Crippen LogP contribution in [-0.4, -0.2) is 45.6 Å². The molecule has 6 nitrogen and oxygen atoms in total. The van der Waals surface area contributed by atoms with Crippen molar-refractivity contribution >= 4 is 29.1 Å². The number of anilines is 1. The van der Waals surface area contributed by atoms with Gasteiger partial charge < -0.3 is 9.80 Å². The fourth-order valence-corrected chi connectivity index (χ4v) is 3.30. The number of rotatable bonds is 4. The van der Waals surface area contributed by atoms with E-state index in [1.165, 1.54) is 0 Å². The van der Waals surface area contributed by atoms with Crippen LogP contribution in [-0.2, 0) is 16.1 Å². The van der Waals surface area contributed by atoms with E-state index in [-0.39, 0.29) is 24.4 Å². The molecule has 1 atom stereocenters. The van der Waals surface area contributed by atoms with Crippen molar-refractivity contribution in [2.45, 2.75) is 32.9 Å². The van der Waals surface area contributed by atoms with E-state index in [9.17, 15) is 9.59 Å². The van der Waals surface area contributed by atoms with Crippen LogP contribution in [0.15, 0.2) is 36.5 Å². The van der Waals surface area contributed by atoms with Crippen LogP contribution >= 0.6 is 11.6 Å². The zero-order valence-electron chi connectivity index (χ0n) is 14.4. The number of amides is 2. The summed E-state index contributed by atoms with van der Waals surface area (Å²) < 4.78 is 1.80. The molecule has 1 saturated heterocycles. The maximum Gasteiger partial charge on any atom is 0.246 e. The van der Waals surface area contributed by atoms with Crippen molar-refractivity contribution in [1.29, 1.82) is 0 Å². The molecule has 132 valence electrons. The van der Waals surface area contributed by atoms with Crippen LogP contribution in [0.5, 0.6) is 0 Å². The molecular formula is C18H21ClN4O2. The van der Waals surface area contributed by atoms with Crippen molar-refractivity contribution in [2.75, 3.05) is 18.0 Å². The van der Waals surface area contributed by atoms with Gasteiger partial charge in [0.05, 0.1) is 10.7 Å². The average Bonchev–Trinajstić information content (AvgIpc) is 3.00. The maximum atomic E-state index is 12.6. The monoisotopic (exact) mass is 360 g/mol. The zero-order valence-corrected chi connectivity index (χ0v) is 15.1. The summed E-state index contributed by atoms with van der Waals surface area (Å²) in [5, 5.41) is 4.72. The Bertz CT molecular complexity index is 789. The van der Waals surface area contributed by atoms with Crippen LogP contribution in [0.4, 0.5) is 5.69 Å². The van der Waals surface area contributed by atoms with Gasteiger partial charge in [-0.3, -0.25) is 14.3 Å². The molecular weight excluding hydrogens is 340 g/mol. The van der Waals surface area contributed by atoms with Crippen molar-refractivity contribution in [3.8, 4) is 0 Å². The van der Waals surface area contributed by atoms with Gasteiger partial charge in [0.2, 0.25) is 11.8 Å². The molecule has 0 bridgehead atoms. The summed E-state index contributed by atoms with van der Waals surface area (Å²) in [5.74, 6) is -0.149. The Morgan fingerprint density at radius 1 is 1.32 bits per heavy atom. The number of piperazine rings is 1. The molecule has 2 aromatic rings. The van der Waals surface area contributed by atoms with Crippen molar-refractivity contribution in [3.05, 3.63) is 47.2 Å². The van der Waals surface area contributed by atoms with Crippen LogP contribution in [0.1, 0.15) is 19.0 Å². The number of para-hydroxylation sites is 1. The minimum absolute atomic E-state index is 0.0328. The summed E-state index contributed by atoms with van der Waals surface area (Å²) in [6.07, 6.45) is 2.04. The van der Waals surface area contributed by atoms with E-state index in [1.807, 2.05) is 38.1 Å². The normalized spacial score (nSPS) is 17.9. The van der Waals surface area contributed by atoms with Crippen molar-refractivity contribution in [2.24, 2.45) is 0 Å². The highest BCUT2D eigenvalue weighted by atomic mass is 35.5. The molecule has 0 N–H and O–H groups in total. The van der Waals surface area contributed by atoms with Gasteiger partial charge in [-0.15, -0.1) is 0 Å². The van der Waals surface area contributed by atoms with Crippen LogP contribution in [0.25, 0.3) is 0 Å². The van der Waals surface area contributed by atoms with Crippen molar-refractivity contribution < 1.29 is 9.59 Å². The van der Waals surface area contributed by atoms with Gasteiger partial charge >= 0.3 is 0 Å². The van der Waals surface area contributed by atoms with Gasteiger partial charge in [0.1, 0.15) is 6.54 Å². The summed E-state index contributed by atoms with van der Waals surface area (Å²) in [5.41, 5.74) is 1.71. The second-order valence-electron chi connectivity index (χ2n) is 6.27. The largest absolute Gasteiger partial charge is 0.329 e. The summed E-state index contributed by atoms with van der Waals surface area (Å²) in [7, 11) is 0. The molecule has 0 radical (unpaired) electrons. The van der Waals surface area contributed by atoms with Gasteiger partial charge in [-0.05, 0) is 32.0 Å². The number of carbonyl (C=O) groups is 2. The Labute approximate surface area is 152 Å². The van der Waals surface area contributed by atoms with Crippen LogP contribution in [0, 0.1) is 6.92 Å². The lowest BCUT2D eigenvalue weighted by molar-refractivity contribution is -0.139. The summed E-state index contributed by atoms with van der Waals surface area (Å²) in [6.45, 7) is 4.93. The first-order valence-electron chi connectivity index (χ1n) is 8.30. The molecule has 3 rings (SSSR count). The molecule has 7 heteroatoms. The number of nitrogens with zero attached hydrogens (tertiary/aromatic N) is 4. The molecule has 0 saturated carbocycles. The van der Waals surface area contributed by atoms with Gasteiger partial charge in [-0.25, -0.2) is 0 Å². The lowest BCUT2D eigenvalue weighted by atomic mass is 10.1. The quantitative estimate of drug-likeness (QED) is 0.841. The van der Waals surface area contributed by atoms with Gasteiger partial charge in [0.25, 0.3) is 0 Å². The second kappa shape index (κ2) is 7.27. The van der Waals surface area contributed by atoms with Crippen molar-refractivity contribution in [3.63, 3.8) is 0 Å². The van der Waals surface area contributed by atoms with E-state index >= 15 is 0 Å². The molecule has 1 aromatic heterocycles. The number of benzene rings is 1. The molecule has 0 spiro atoms. The number of carbonyl (C=O) groups excluding carboxylic acids is 2. The Morgan fingerprint density at radius 3 is 2.76 bits per heavy atom. The highest BCUT2D eigenvalue weighted by Crippen LogP contribution is 2.28. The second-order valence-corrected chi connectivity index (χ2v) is 6.68. The summed E-state index contributed by atoms with van der Waals surface area (Å²) >= 11 is 6.21. The minimum atomic E-state index is -0.116. The number of hydrogen-bond acceptors (Lipinski definition) is 3. The number of aryl methyl sites for hydroxylation is 2. The molecule has 1 aromatic carbocycles. The Balaban J connectivity index is 1.66. The first kappa shape index (κ1) is 17.5. The topological polar surface area (TPSA) is 58.4 Å². The van der Waals surface area contributed by atoms with E-state index in [2.05, 4.69) is 5.10 Å². The Kier molecular flexibility index (Phi) is 5.08. The fraction of sp³-hybridized carbons (Fsp3) is 0.389. The first-order chi connectivity index (χ1) is 12.0. The van der Waals surface area contributed by atoms with Gasteiger partial charge in [-0.2, -0.15) is 5.10 Å². The lowest BCUT2D eigenvalue weighted by Crippen LogP contribution is -2.57. The number of hydrogen-bond donors (Lipinski definition) is 0. The SMILES string of the molecule is Cc1ccnn1CCC(=O)N1CC(=O)N(c2ccccc2Cl)C[C@H]1C. The van der Waals surface area contributed by atoms with Crippen molar-refractivity contribution in [1.82, 2.24) is 14.7 Å². The summed E-state index contributed by atoms with van der Waals surface area (Å²) in [4.78, 5) is 28.4. The number of halogens is 1. The van der Waals surface area contributed by atoms with Crippen LogP contribution < -0.4 is 4.90 Å². The molecule has 1 aliphatic rings. The maximum absolute atomic E-state index is 12.6. The zero-order chi connectivity index (χ0) is 18.0. The van der Waals surface area contributed by atoms with E-state index in [0.29, 0.717) is 30.2 Å². The van der Waals surface area contributed by atoms with Gasteiger partial charge in [0, 0.05) is 37.4 Å². The molecule has 1 aliphatic heterocycles. The molecule has 2 amide bonds. The fourth-order valence-electron chi connectivity index (χ4n) is 3.07. The number of aromatic nitrogens is 2. The van der Waals surface area contributed by atoms with E-state index in [0.717, 1.165) is 5.69 Å². The third-order valence-corrected chi connectivity index (χ3v) is 4.84.